The molecule has 0 unspecified atom stereocenters. The molecule has 1 saturated carbocycles. The van der Waals surface area contributed by atoms with E-state index in [0.717, 1.165) is 34.8 Å². The summed E-state index contributed by atoms with van der Waals surface area (Å²) in [6.45, 7) is 24.4. The number of carbonyl (C=O) groups is 3. The number of aromatic hydroxyl groups is 2. The Hall–Kier alpha value is -3.67. The molecular weight excluding hydrogens is 564 g/mol. The van der Waals surface area contributed by atoms with Crippen molar-refractivity contribution in [3.05, 3.63) is 82.7 Å². The van der Waals surface area contributed by atoms with E-state index in [9.17, 15) is 15.0 Å². The SMILES string of the molecule is C=C(C)CC[C@H](C[C@@]12C[C@@H](CC=C(C)C)C(C)(C)[C@@](CC=C(C)C)(C1=O)C(OC)=C(C(=O)c1ccc(O)c(O)c1)C2=O)C(=C)C. The summed E-state index contributed by atoms with van der Waals surface area (Å²) < 4.78 is 6.08. The number of ketones is 3. The molecule has 2 bridgehead atoms. The van der Waals surface area contributed by atoms with E-state index in [-0.39, 0.29) is 53.1 Å². The molecule has 1 aromatic rings. The van der Waals surface area contributed by atoms with E-state index in [1.54, 1.807) is 0 Å². The molecule has 6 heteroatoms. The Kier molecular flexibility index (Phi) is 10.6. The molecule has 0 radical (unpaired) electrons. The van der Waals surface area contributed by atoms with Crippen LogP contribution in [-0.2, 0) is 14.3 Å². The highest BCUT2D eigenvalue weighted by atomic mass is 16.5. The summed E-state index contributed by atoms with van der Waals surface area (Å²) >= 11 is 0. The number of phenolic OH excluding ortho intramolecular Hbond substituents is 2. The topological polar surface area (TPSA) is 101 Å². The number of hydrogen-bond acceptors (Lipinski definition) is 6. The monoisotopic (exact) mass is 616 g/mol. The summed E-state index contributed by atoms with van der Waals surface area (Å²) in [5, 5.41) is 20.2. The minimum atomic E-state index is -1.49. The molecule has 0 spiro atoms. The van der Waals surface area contributed by atoms with Gasteiger partial charge < -0.3 is 14.9 Å². The number of ether oxygens (including phenoxy) is 1. The molecule has 0 amide bonds. The highest BCUT2D eigenvalue weighted by molar-refractivity contribution is 6.35. The average molecular weight is 617 g/mol. The second-order valence-electron chi connectivity index (χ2n) is 14.5. The number of allylic oxidation sites excluding steroid dienone is 8. The fourth-order valence-electron chi connectivity index (χ4n) is 7.45. The summed E-state index contributed by atoms with van der Waals surface area (Å²) in [5.41, 5.74) is 0.404. The Balaban J connectivity index is 2.48. The van der Waals surface area contributed by atoms with Crippen LogP contribution >= 0.6 is 0 Å². The van der Waals surface area contributed by atoms with E-state index in [4.69, 9.17) is 4.74 Å². The predicted octanol–water partition coefficient (Wildman–Crippen LogP) is 9.00. The third kappa shape index (κ3) is 6.39. The molecule has 1 aromatic carbocycles. The zero-order valence-corrected chi connectivity index (χ0v) is 28.7. The number of phenols is 2. The molecule has 6 nitrogen and oxygen atoms in total. The number of Topliss-reactive ketones (excluding diaryl/α,β-unsaturated/α-hetero) is 3. The van der Waals surface area contributed by atoms with Gasteiger partial charge in [-0.25, -0.2) is 0 Å². The second kappa shape index (κ2) is 13.4. The summed E-state index contributed by atoms with van der Waals surface area (Å²) in [5.74, 6) is -2.37. The summed E-state index contributed by atoms with van der Waals surface area (Å²) in [7, 11) is 1.42. The Bertz CT molecular complexity index is 1490. The van der Waals surface area contributed by atoms with Gasteiger partial charge in [0, 0.05) is 5.56 Å². The molecule has 0 heterocycles. The molecule has 2 N–H and O–H groups in total. The third-order valence-electron chi connectivity index (χ3n) is 10.3. The molecule has 0 aliphatic heterocycles. The molecule has 0 saturated heterocycles. The van der Waals surface area contributed by atoms with Crippen molar-refractivity contribution in [3.8, 4) is 11.5 Å². The molecule has 2 aliphatic carbocycles. The van der Waals surface area contributed by atoms with E-state index < -0.39 is 33.6 Å². The normalized spacial score (nSPS) is 24.5. The number of carbonyl (C=O) groups excluding carboxylic acids is 3. The average Bonchev–Trinajstić information content (AvgIpc) is 2.94. The first-order valence-electron chi connectivity index (χ1n) is 15.9. The number of benzene rings is 1. The zero-order valence-electron chi connectivity index (χ0n) is 28.7. The summed E-state index contributed by atoms with van der Waals surface area (Å²) in [4.78, 5) is 45.0. The van der Waals surface area contributed by atoms with Crippen molar-refractivity contribution in [1.29, 1.82) is 0 Å². The van der Waals surface area contributed by atoms with Crippen LogP contribution in [0.2, 0.25) is 0 Å². The van der Waals surface area contributed by atoms with Gasteiger partial charge >= 0.3 is 0 Å². The molecular formula is C39H52O6. The predicted molar refractivity (Wildman–Crippen MR) is 180 cm³/mol. The van der Waals surface area contributed by atoms with E-state index >= 15 is 9.59 Å². The Morgan fingerprint density at radius 2 is 1.64 bits per heavy atom. The highest BCUT2D eigenvalue weighted by Crippen LogP contribution is 2.68. The number of rotatable bonds is 13. The molecule has 4 atom stereocenters. The van der Waals surface area contributed by atoms with Crippen molar-refractivity contribution in [2.24, 2.45) is 28.1 Å². The van der Waals surface area contributed by atoms with Crippen LogP contribution in [0.5, 0.6) is 11.5 Å². The lowest BCUT2D eigenvalue weighted by Gasteiger charge is -2.61. The number of fused-ring (bicyclic) bond motifs is 2. The second-order valence-corrected chi connectivity index (χ2v) is 14.5. The Morgan fingerprint density at radius 1 is 1.02 bits per heavy atom. The quantitative estimate of drug-likeness (QED) is 0.0754. The van der Waals surface area contributed by atoms with Crippen LogP contribution in [0.3, 0.4) is 0 Å². The lowest BCUT2D eigenvalue weighted by molar-refractivity contribution is -0.171. The minimum Gasteiger partial charge on any atom is -0.504 e. The fourth-order valence-corrected chi connectivity index (χ4v) is 7.45. The number of hydrogen-bond donors (Lipinski definition) is 2. The largest absolute Gasteiger partial charge is 0.504 e. The fraction of sp³-hybridized carbons (Fsp3) is 0.513. The highest BCUT2D eigenvalue weighted by Gasteiger charge is 2.72. The first-order chi connectivity index (χ1) is 20.9. The number of methoxy groups -OCH3 is 1. The van der Waals surface area contributed by atoms with Crippen LogP contribution in [0.1, 0.15) is 104 Å². The lowest BCUT2D eigenvalue weighted by Crippen LogP contribution is -2.67. The van der Waals surface area contributed by atoms with E-state index in [0.29, 0.717) is 19.3 Å². The van der Waals surface area contributed by atoms with Gasteiger partial charge in [0.15, 0.2) is 28.8 Å². The van der Waals surface area contributed by atoms with Gasteiger partial charge in [0.25, 0.3) is 0 Å². The van der Waals surface area contributed by atoms with E-state index in [2.05, 4.69) is 33.1 Å². The van der Waals surface area contributed by atoms with Crippen molar-refractivity contribution in [2.45, 2.75) is 93.9 Å². The first kappa shape index (κ1) is 35.8. The van der Waals surface area contributed by atoms with Gasteiger partial charge in [0.2, 0.25) is 0 Å². The minimum absolute atomic E-state index is 0.0285. The first-order valence-corrected chi connectivity index (χ1v) is 15.9. The lowest BCUT2D eigenvalue weighted by atomic mass is 9.39. The van der Waals surface area contributed by atoms with Crippen molar-refractivity contribution < 1.29 is 29.3 Å². The van der Waals surface area contributed by atoms with Crippen LogP contribution in [0.4, 0.5) is 0 Å². The van der Waals surface area contributed by atoms with E-state index in [1.807, 2.05) is 47.6 Å². The maximum Gasteiger partial charge on any atom is 0.200 e. The molecule has 0 aromatic heterocycles. The van der Waals surface area contributed by atoms with Crippen molar-refractivity contribution >= 4 is 17.3 Å². The summed E-state index contributed by atoms with van der Waals surface area (Å²) in [6, 6.07) is 3.75. The maximum atomic E-state index is 15.4. The van der Waals surface area contributed by atoms with Crippen molar-refractivity contribution in [1.82, 2.24) is 0 Å². The van der Waals surface area contributed by atoms with Gasteiger partial charge in [-0.05, 0) is 116 Å². The molecule has 244 valence electrons. The van der Waals surface area contributed by atoms with Gasteiger partial charge in [0.05, 0.1) is 17.9 Å². The Labute approximate surface area is 269 Å². The maximum absolute atomic E-state index is 15.4. The third-order valence-corrected chi connectivity index (χ3v) is 10.3. The zero-order chi connectivity index (χ0) is 34.1. The van der Waals surface area contributed by atoms with Gasteiger partial charge in [-0.2, -0.15) is 0 Å². The van der Waals surface area contributed by atoms with Crippen LogP contribution in [0, 0.1) is 28.1 Å². The van der Waals surface area contributed by atoms with Gasteiger partial charge in [-0.3, -0.25) is 14.4 Å². The van der Waals surface area contributed by atoms with Crippen LogP contribution in [-0.4, -0.2) is 34.7 Å². The van der Waals surface area contributed by atoms with Crippen molar-refractivity contribution in [3.63, 3.8) is 0 Å². The van der Waals surface area contributed by atoms with Crippen LogP contribution < -0.4 is 0 Å². The van der Waals surface area contributed by atoms with Crippen LogP contribution in [0.15, 0.2) is 77.1 Å². The Morgan fingerprint density at radius 3 is 2.16 bits per heavy atom. The molecule has 2 aliphatic rings. The molecule has 3 rings (SSSR count). The van der Waals surface area contributed by atoms with Gasteiger partial charge in [-0.15, -0.1) is 6.58 Å². The van der Waals surface area contributed by atoms with Crippen molar-refractivity contribution in [2.75, 3.05) is 7.11 Å². The summed E-state index contributed by atoms with van der Waals surface area (Å²) in [6.07, 6.45) is 7.06. The smallest absolute Gasteiger partial charge is 0.200 e. The van der Waals surface area contributed by atoms with E-state index in [1.165, 1.54) is 19.2 Å². The standard InChI is InChI=1S/C39H52O6/c1-23(2)12-14-28(26(7)8)21-38-22-29(16-13-24(3)4)37(9,10)39(36(38)44,19-18-25(5)6)35(45-11)32(34(38)43)33(42)27-15-17-30(40)31(41)20-27/h13,15,17-18,20,28-29,40-41H,1,7,12,14,16,19,21-22H2,2-6,8-11H3/t28-,29-,38+,39-/m1/s1. The van der Waals surface area contributed by atoms with Gasteiger partial charge in [0.1, 0.15) is 11.3 Å². The molecule has 45 heavy (non-hydrogen) atoms. The van der Waals surface area contributed by atoms with Gasteiger partial charge in [-0.1, -0.05) is 54.9 Å². The van der Waals surface area contributed by atoms with Crippen LogP contribution in [0.25, 0.3) is 0 Å². The molecule has 1 fully saturated rings.